The molecule has 0 aromatic rings. The fourth-order valence-corrected chi connectivity index (χ4v) is 0. The van der Waals surface area contributed by atoms with Crippen LogP contribution in [0.4, 0.5) is 0 Å². The van der Waals surface area contributed by atoms with Crippen molar-refractivity contribution in [1.29, 1.82) is 0 Å². The van der Waals surface area contributed by atoms with Crippen molar-refractivity contribution < 1.29 is 71.9 Å². The molecule has 0 saturated heterocycles. The monoisotopic (exact) mass is 196 g/mol. The Kier molecular flexibility index (Phi) is 26.0. The molecule has 0 unspecified atom stereocenters. The number of hydrogen-bond donors (Lipinski definition) is 0. The first kappa shape index (κ1) is 15.7. The maximum Gasteiger partial charge on any atom is 2.00 e. The average molecular weight is 194 g/mol. The van der Waals surface area contributed by atoms with Crippen LogP contribution in [-0.4, -0.2) is 7.32 Å². The van der Waals surface area contributed by atoms with Gasteiger partial charge in [0.1, 0.15) is 0 Å². The number of rotatable bonds is 0. The van der Waals surface area contributed by atoms with Gasteiger partial charge < -0.3 is 15.1 Å². The van der Waals surface area contributed by atoms with Gasteiger partial charge in [0, 0.05) is 0 Å². The summed E-state index contributed by atoms with van der Waals surface area (Å²) in [6.07, 6.45) is 0. The van der Waals surface area contributed by atoms with Gasteiger partial charge in [0.2, 0.25) is 0 Å². The molecule has 0 fully saturated rings. The van der Waals surface area contributed by atoms with Crippen LogP contribution in [0.15, 0.2) is 0 Å². The van der Waals surface area contributed by atoms with Gasteiger partial charge in [-0.25, -0.2) is 0 Å². The fraction of sp³-hybridized carbons (Fsp3) is 0. The largest absolute Gasteiger partial charge is 2.00 e. The van der Waals surface area contributed by atoms with E-state index >= 15 is 0 Å². The van der Waals surface area contributed by atoms with Crippen molar-refractivity contribution in [3.05, 3.63) is 0 Å². The Morgan fingerprint density at radius 3 is 1.00 bits per heavy atom. The van der Waals surface area contributed by atoms with E-state index in [0.29, 0.717) is 0 Å². The van der Waals surface area contributed by atoms with Crippen LogP contribution in [0, 0.1) is 0 Å². The van der Waals surface area contributed by atoms with E-state index in [4.69, 9.17) is 15.1 Å². The van der Waals surface area contributed by atoms with Crippen LogP contribution in [0.2, 0.25) is 0 Å². The molecule has 0 saturated carbocycles. The van der Waals surface area contributed by atoms with Gasteiger partial charge in [-0.1, -0.05) is 0 Å². The predicted molar refractivity (Wildman–Crippen MR) is 5.75 cm³/mol. The van der Waals surface area contributed by atoms with Gasteiger partial charge in [-0.2, -0.15) is 0 Å². The molecule has 6 heteroatoms. The summed E-state index contributed by atoms with van der Waals surface area (Å²) in [6, 6.07) is 0. The minimum Gasteiger partial charge on any atom is -0.907 e. The molecule has 3 nitrogen and oxygen atoms in total. The first-order valence-electron chi connectivity index (χ1n) is 0.707. The van der Waals surface area contributed by atoms with Gasteiger partial charge in [-0.3, -0.25) is 7.32 Å². The minimum atomic E-state index is -2.92. The standard InChI is InChI=1S/BO3.Cd.Na/c2-1(3)4;;/q-3;+2;+1. The molecule has 0 aliphatic carbocycles. The zero-order chi connectivity index (χ0) is 3.58. The zero-order valence-electron chi connectivity index (χ0n) is 3.51. The third-order valence-corrected chi connectivity index (χ3v) is 0. The van der Waals surface area contributed by atoms with Crippen LogP contribution in [0.5, 0.6) is 0 Å². The summed E-state index contributed by atoms with van der Waals surface area (Å²) in [5.41, 5.74) is 0. The molecule has 0 aliphatic rings. The second-order valence-corrected chi connectivity index (χ2v) is 0.289. The number of hydrogen-bond acceptors (Lipinski definition) is 3. The Morgan fingerprint density at radius 2 is 1.00 bits per heavy atom. The van der Waals surface area contributed by atoms with Crippen LogP contribution in [0.1, 0.15) is 0 Å². The van der Waals surface area contributed by atoms with E-state index in [9.17, 15) is 0 Å². The Morgan fingerprint density at radius 1 is 1.00 bits per heavy atom. The molecule has 0 aromatic carbocycles. The second kappa shape index (κ2) is 9.98. The summed E-state index contributed by atoms with van der Waals surface area (Å²) in [5, 5.41) is 25.2. The van der Waals surface area contributed by atoms with E-state index in [2.05, 4.69) is 0 Å². The van der Waals surface area contributed by atoms with Crippen LogP contribution < -0.4 is 44.6 Å². The predicted octanol–water partition coefficient (Wildman–Crippen LogP) is -6.95. The van der Waals surface area contributed by atoms with Gasteiger partial charge in [-0.15, -0.1) is 0 Å². The third kappa shape index (κ3) is 39.9. The molecule has 0 aliphatic heterocycles. The Bertz CT molecular complexity index is 15.5. The van der Waals surface area contributed by atoms with Crippen molar-refractivity contribution in [3.8, 4) is 0 Å². The van der Waals surface area contributed by atoms with Crippen molar-refractivity contribution in [2.75, 3.05) is 0 Å². The maximum atomic E-state index is 8.42. The van der Waals surface area contributed by atoms with Gasteiger partial charge >= 0.3 is 56.9 Å². The molecular weight excluding hydrogens is 194 g/mol. The summed E-state index contributed by atoms with van der Waals surface area (Å²) in [4.78, 5) is 0. The molecule has 0 atom stereocenters. The minimum absolute atomic E-state index is 0. The molecule has 0 bridgehead atoms. The average Bonchev–Trinajstić information content (AvgIpc) is 0.811. The molecule has 0 N–H and O–H groups in total. The molecule has 0 heterocycles. The first-order valence-corrected chi connectivity index (χ1v) is 0.707. The molecule has 0 amide bonds. The Balaban J connectivity index is -0.0000000450. The van der Waals surface area contributed by atoms with Crippen LogP contribution in [0.25, 0.3) is 0 Å². The summed E-state index contributed by atoms with van der Waals surface area (Å²) in [6.45, 7) is 0. The van der Waals surface area contributed by atoms with E-state index in [0.717, 1.165) is 0 Å². The summed E-state index contributed by atoms with van der Waals surface area (Å²) in [7, 11) is -2.92. The van der Waals surface area contributed by atoms with Gasteiger partial charge in [0.05, 0.1) is 0 Å². The molecule has 0 spiro atoms. The normalized spacial score (nSPS) is 4.50. The molecule has 0 aromatic heterocycles. The molecule has 24 valence electrons. The topological polar surface area (TPSA) is 69.2 Å². The fourth-order valence-electron chi connectivity index (χ4n) is 0. The smallest absolute Gasteiger partial charge is 0.907 e. The van der Waals surface area contributed by atoms with E-state index in [1.165, 1.54) is 0 Å². The van der Waals surface area contributed by atoms with Crippen LogP contribution >= 0.6 is 0 Å². The molecule has 0 radical (unpaired) electrons. The van der Waals surface area contributed by atoms with E-state index < -0.39 is 7.32 Å². The first-order chi connectivity index (χ1) is 1.73. The van der Waals surface area contributed by atoms with Crippen molar-refractivity contribution in [1.82, 2.24) is 0 Å². The zero-order valence-corrected chi connectivity index (χ0v) is 9.55. The van der Waals surface area contributed by atoms with Crippen LogP contribution in [0.3, 0.4) is 0 Å². The van der Waals surface area contributed by atoms with Crippen molar-refractivity contribution >= 4 is 7.32 Å². The summed E-state index contributed by atoms with van der Waals surface area (Å²) < 4.78 is 0. The van der Waals surface area contributed by atoms with E-state index in [1.54, 1.807) is 0 Å². The molecular formula is BCdNaO3. The maximum absolute atomic E-state index is 8.42. The SMILES string of the molecule is [Cd+2].[Na+].[O-]B([O-])[O-]. The van der Waals surface area contributed by atoms with Gasteiger partial charge in [0.25, 0.3) is 0 Å². The van der Waals surface area contributed by atoms with Crippen molar-refractivity contribution in [2.24, 2.45) is 0 Å². The van der Waals surface area contributed by atoms with Crippen molar-refractivity contribution in [2.45, 2.75) is 0 Å². The third-order valence-electron chi connectivity index (χ3n) is 0. The Hall–Kier alpha value is 1.87. The quantitative estimate of drug-likeness (QED) is 0.360. The molecule has 0 rings (SSSR count). The van der Waals surface area contributed by atoms with Crippen molar-refractivity contribution in [3.63, 3.8) is 0 Å². The second-order valence-electron chi connectivity index (χ2n) is 0.289. The van der Waals surface area contributed by atoms with Gasteiger partial charge in [-0.05, 0) is 0 Å². The molecule has 6 heavy (non-hydrogen) atoms. The Labute approximate surface area is 78.4 Å². The van der Waals surface area contributed by atoms with Crippen LogP contribution in [-0.2, 0) is 27.3 Å². The van der Waals surface area contributed by atoms with E-state index in [1.807, 2.05) is 0 Å². The summed E-state index contributed by atoms with van der Waals surface area (Å²) >= 11 is 0. The van der Waals surface area contributed by atoms with E-state index in [-0.39, 0.29) is 56.9 Å². The summed E-state index contributed by atoms with van der Waals surface area (Å²) in [5.74, 6) is 0. The van der Waals surface area contributed by atoms with Gasteiger partial charge in [0.15, 0.2) is 0 Å².